The zero-order chi connectivity index (χ0) is 29.5. The van der Waals surface area contributed by atoms with Crippen molar-refractivity contribution in [2.75, 3.05) is 20.7 Å². The van der Waals surface area contributed by atoms with E-state index in [-0.39, 0.29) is 29.2 Å². The van der Waals surface area contributed by atoms with Crippen LogP contribution < -0.4 is 5.32 Å². The van der Waals surface area contributed by atoms with Crippen LogP contribution in [0.4, 0.5) is 5.69 Å². The molecular formula is C32H34ClN3O6. The van der Waals surface area contributed by atoms with Crippen LogP contribution in [-0.2, 0) is 25.6 Å². The number of hydrogen-bond donors (Lipinski definition) is 1. The van der Waals surface area contributed by atoms with Gasteiger partial charge in [-0.3, -0.25) is 15.0 Å². The molecule has 0 fully saturated rings. The van der Waals surface area contributed by atoms with Crippen molar-refractivity contribution in [2.24, 2.45) is 0 Å². The predicted octanol–water partition coefficient (Wildman–Crippen LogP) is 5.84. The molecule has 3 aromatic carbocycles. The summed E-state index contributed by atoms with van der Waals surface area (Å²) in [6.07, 6.45) is -0.628. The third kappa shape index (κ3) is 7.43. The molecule has 3 aromatic rings. The zero-order valence-electron chi connectivity index (χ0n) is 23.9. The van der Waals surface area contributed by atoms with Crippen molar-refractivity contribution in [1.29, 1.82) is 0 Å². The summed E-state index contributed by atoms with van der Waals surface area (Å²) in [5, 5.41) is 14.7. The number of nitrogens with one attached hydrogen (secondary N) is 1. The molecule has 1 N–H and O–H groups in total. The number of nitro groups is 1. The Kier molecular flexibility index (Phi) is 11.0. The van der Waals surface area contributed by atoms with Crippen LogP contribution in [0.2, 0.25) is 0 Å². The molecule has 1 aliphatic heterocycles. The number of carbonyl (C=O) groups excluding carboxylic acids is 2. The number of hydrogen-bond acceptors (Lipinski definition) is 8. The van der Waals surface area contributed by atoms with E-state index in [4.69, 9.17) is 9.47 Å². The van der Waals surface area contributed by atoms with Crippen molar-refractivity contribution in [3.8, 4) is 0 Å². The lowest BCUT2D eigenvalue weighted by Crippen LogP contribution is -2.34. The SMILES string of the molecule is COC(=O)C1=C(C)NC(C)=C(C(=O)OC(CN(C)Cc2ccccc2)c2ccccc2)C1c1cccc([N+](=O)[O-])c1.Cl. The van der Waals surface area contributed by atoms with E-state index in [0.717, 1.165) is 11.1 Å². The van der Waals surface area contributed by atoms with Crippen LogP contribution in [0.5, 0.6) is 0 Å². The van der Waals surface area contributed by atoms with Gasteiger partial charge >= 0.3 is 11.9 Å². The van der Waals surface area contributed by atoms with E-state index in [1.54, 1.807) is 19.9 Å². The van der Waals surface area contributed by atoms with Crippen LogP contribution in [0.1, 0.15) is 42.6 Å². The van der Waals surface area contributed by atoms with Gasteiger partial charge in [0.15, 0.2) is 0 Å². The standard InChI is InChI=1S/C32H33N3O6.ClH/c1-21-28(31(36)40-4)30(25-16-11-17-26(18-25)35(38)39)29(22(2)33-21)32(37)41-27(24-14-9-6-10-15-24)20-34(3)19-23-12-7-5-8-13-23;/h5-18,27,30,33H,19-20H2,1-4H3;1H. The smallest absolute Gasteiger partial charge is 0.337 e. The van der Waals surface area contributed by atoms with Gasteiger partial charge in [-0.15, -0.1) is 12.4 Å². The summed E-state index contributed by atoms with van der Waals surface area (Å²) >= 11 is 0. The monoisotopic (exact) mass is 591 g/mol. The lowest BCUT2D eigenvalue weighted by molar-refractivity contribution is -0.384. The van der Waals surface area contributed by atoms with E-state index in [1.807, 2.05) is 67.7 Å². The molecule has 0 amide bonds. The summed E-state index contributed by atoms with van der Waals surface area (Å²) in [7, 11) is 3.21. The Labute approximate surface area is 251 Å². The molecule has 0 saturated carbocycles. The maximum atomic E-state index is 14.1. The summed E-state index contributed by atoms with van der Waals surface area (Å²) in [5.74, 6) is -2.22. The number of nitrogens with zero attached hydrogens (tertiary/aromatic N) is 2. The molecule has 0 radical (unpaired) electrons. The minimum absolute atomic E-state index is 0. The highest BCUT2D eigenvalue weighted by molar-refractivity contribution is 6.00. The third-order valence-electron chi connectivity index (χ3n) is 6.99. The molecule has 4 rings (SSSR count). The van der Waals surface area contributed by atoms with E-state index >= 15 is 0 Å². The molecular weight excluding hydrogens is 558 g/mol. The van der Waals surface area contributed by atoms with Gasteiger partial charge in [0.1, 0.15) is 6.10 Å². The Morgan fingerprint density at radius 2 is 1.52 bits per heavy atom. The van der Waals surface area contributed by atoms with Crippen molar-refractivity contribution < 1.29 is 24.0 Å². The molecule has 1 aliphatic rings. The van der Waals surface area contributed by atoms with Gasteiger partial charge in [0.2, 0.25) is 0 Å². The highest BCUT2D eigenvalue weighted by atomic mass is 35.5. The number of dihydropyridines is 1. The second kappa shape index (κ2) is 14.4. The maximum absolute atomic E-state index is 14.1. The molecule has 0 aromatic heterocycles. The maximum Gasteiger partial charge on any atom is 0.337 e. The number of rotatable bonds is 10. The van der Waals surface area contributed by atoms with Crippen molar-refractivity contribution in [1.82, 2.24) is 10.2 Å². The first-order valence-electron chi connectivity index (χ1n) is 13.2. The molecule has 2 atom stereocenters. The van der Waals surface area contributed by atoms with Crippen LogP contribution in [0.3, 0.4) is 0 Å². The minimum Gasteiger partial charge on any atom is -0.466 e. The number of non-ortho nitro benzene ring substituents is 1. The van der Waals surface area contributed by atoms with Crippen LogP contribution >= 0.6 is 12.4 Å². The molecule has 42 heavy (non-hydrogen) atoms. The highest BCUT2D eigenvalue weighted by Crippen LogP contribution is 2.40. The average molecular weight is 592 g/mol. The fourth-order valence-corrected chi connectivity index (χ4v) is 5.11. The number of likely N-dealkylation sites (N-methyl/N-ethyl adjacent to an activating group) is 1. The molecule has 0 saturated heterocycles. The lowest BCUT2D eigenvalue weighted by Gasteiger charge is -2.32. The van der Waals surface area contributed by atoms with Gasteiger partial charge in [0.05, 0.1) is 29.1 Å². The zero-order valence-corrected chi connectivity index (χ0v) is 24.7. The normalized spacial score (nSPS) is 15.4. The Morgan fingerprint density at radius 3 is 2.12 bits per heavy atom. The Morgan fingerprint density at radius 1 is 0.929 bits per heavy atom. The largest absolute Gasteiger partial charge is 0.466 e. The van der Waals surface area contributed by atoms with E-state index in [9.17, 15) is 19.7 Å². The molecule has 1 heterocycles. The van der Waals surface area contributed by atoms with Gasteiger partial charge in [0.25, 0.3) is 5.69 Å². The first kappa shape index (κ1) is 32.0. The fourth-order valence-electron chi connectivity index (χ4n) is 5.11. The van der Waals surface area contributed by atoms with E-state index < -0.39 is 28.9 Å². The number of esters is 2. The molecule has 9 nitrogen and oxygen atoms in total. The summed E-state index contributed by atoms with van der Waals surface area (Å²) in [5.41, 5.74) is 3.53. The fraction of sp³-hybridized carbons (Fsp3) is 0.250. The number of halogens is 1. The summed E-state index contributed by atoms with van der Waals surface area (Å²) in [4.78, 5) is 40.2. The summed E-state index contributed by atoms with van der Waals surface area (Å²) in [6, 6.07) is 25.4. The van der Waals surface area contributed by atoms with Crippen molar-refractivity contribution in [3.63, 3.8) is 0 Å². The van der Waals surface area contributed by atoms with Crippen LogP contribution in [-0.4, -0.2) is 42.5 Å². The van der Waals surface area contributed by atoms with Crippen molar-refractivity contribution in [3.05, 3.63) is 134 Å². The van der Waals surface area contributed by atoms with Crippen LogP contribution in [0.15, 0.2) is 107 Å². The van der Waals surface area contributed by atoms with Crippen LogP contribution in [0, 0.1) is 10.1 Å². The number of ether oxygens (including phenoxy) is 2. The number of benzene rings is 3. The first-order chi connectivity index (χ1) is 19.7. The van der Waals surface area contributed by atoms with Gasteiger partial charge in [-0.1, -0.05) is 72.8 Å². The Balaban J connectivity index is 0.00000484. The minimum atomic E-state index is -0.936. The van der Waals surface area contributed by atoms with Gasteiger partial charge in [-0.2, -0.15) is 0 Å². The number of methoxy groups -OCH3 is 1. The topological polar surface area (TPSA) is 111 Å². The van der Waals surface area contributed by atoms with E-state index in [1.165, 1.54) is 25.3 Å². The van der Waals surface area contributed by atoms with Crippen molar-refractivity contribution in [2.45, 2.75) is 32.4 Å². The third-order valence-corrected chi connectivity index (χ3v) is 6.99. The molecule has 10 heteroatoms. The van der Waals surface area contributed by atoms with E-state index in [0.29, 0.717) is 30.0 Å². The summed E-state index contributed by atoms with van der Waals surface area (Å²) in [6.45, 7) is 4.48. The molecule has 220 valence electrons. The lowest BCUT2D eigenvalue weighted by atomic mass is 9.80. The second-order valence-corrected chi connectivity index (χ2v) is 9.97. The molecule has 0 aliphatic carbocycles. The quantitative estimate of drug-likeness (QED) is 0.178. The summed E-state index contributed by atoms with van der Waals surface area (Å²) < 4.78 is 11.3. The van der Waals surface area contributed by atoms with Gasteiger partial charge in [0, 0.05) is 36.6 Å². The second-order valence-electron chi connectivity index (χ2n) is 9.97. The number of carbonyl (C=O) groups is 2. The molecule has 2 unspecified atom stereocenters. The van der Waals surface area contributed by atoms with Crippen molar-refractivity contribution >= 4 is 30.0 Å². The average Bonchev–Trinajstić information content (AvgIpc) is 2.97. The number of allylic oxidation sites excluding steroid dienone is 2. The number of nitro benzene ring substituents is 1. The van der Waals surface area contributed by atoms with E-state index in [2.05, 4.69) is 10.2 Å². The molecule has 0 spiro atoms. The van der Waals surface area contributed by atoms with Gasteiger partial charge in [-0.25, -0.2) is 9.59 Å². The van der Waals surface area contributed by atoms with Gasteiger partial charge < -0.3 is 14.8 Å². The first-order valence-corrected chi connectivity index (χ1v) is 13.2. The Hall–Kier alpha value is -4.47. The Bertz CT molecular complexity index is 1490. The highest BCUT2D eigenvalue weighted by Gasteiger charge is 2.39. The van der Waals surface area contributed by atoms with Crippen LogP contribution in [0.25, 0.3) is 0 Å². The van der Waals surface area contributed by atoms with Gasteiger partial charge in [-0.05, 0) is 37.6 Å². The predicted molar refractivity (Wildman–Crippen MR) is 162 cm³/mol. The molecule has 0 bridgehead atoms.